The van der Waals surface area contributed by atoms with Crippen molar-refractivity contribution in [3.05, 3.63) is 73.1 Å². The van der Waals surface area contributed by atoms with Crippen molar-refractivity contribution in [2.24, 2.45) is 0 Å². The van der Waals surface area contributed by atoms with Crippen molar-refractivity contribution in [1.82, 2.24) is 35.1 Å². The molecule has 38 heavy (non-hydrogen) atoms. The van der Waals surface area contributed by atoms with E-state index in [1.54, 1.807) is 49.1 Å². The minimum absolute atomic E-state index is 0.0365. The first kappa shape index (κ1) is 23.4. The zero-order valence-corrected chi connectivity index (χ0v) is 20.5. The summed E-state index contributed by atoms with van der Waals surface area (Å²) in [6.07, 6.45) is 8.95. The molecule has 0 fully saturated rings. The summed E-state index contributed by atoms with van der Waals surface area (Å²) < 4.78 is 14.5. The lowest BCUT2D eigenvalue weighted by molar-refractivity contribution is -0.116. The van der Waals surface area contributed by atoms with Crippen LogP contribution in [0.3, 0.4) is 0 Å². The van der Waals surface area contributed by atoms with Crippen molar-refractivity contribution in [2.45, 2.75) is 26.2 Å². The molecule has 6 rings (SSSR count). The van der Waals surface area contributed by atoms with Crippen molar-refractivity contribution in [3.8, 4) is 33.9 Å². The third-order valence-corrected chi connectivity index (χ3v) is 6.28. The summed E-state index contributed by atoms with van der Waals surface area (Å²) in [5.41, 5.74) is 5.48. The largest absolute Gasteiger partial charge is 0.336 e. The molecule has 0 bridgehead atoms. The topological polar surface area (TPSA) is 125 Å². The van der Waals surface area contributed by atoms with Gasteiger partial charge in [0.05, 0.1) is 22.8 Å². The quantitative estimate of drug-likeness (QED) is 0.248. The minimum atomic E-state index is -0.367. The Kier molecular flexibility index (Phi) is 6.04. The van der Waals surface area contributed by atoms with Gasteiger partial charge in [-0.05, 0) is 36.8 Å². The lowest BCUT2D eigenvalue weighted by atomic mass is 10.1. The van der Waals surface area contributed by atoms with Crippen LogP contribution in [0.5, 0.6) is 0 Å². The highest BCUT2D eigenvalue weighted by Gasteiger charge is 2.18. The maximum absolute atomic E-state index is 14.5. The molecule has 3 N–H and O–H groups in total. The fourth-order valence-electron chi connectivity index (χ4n) is 4.37. The third-order valence-electron chi connectivity index (χ3n) is 6.28. The number of amides is 1. The van der Waals surface area contributed by atoms with Crippen molar-refractivity contribution < 1.29 is 9.18 Å². The van der Waals surface area contributed by atoms with E-state index in [-0.39, 0.29) is 11.7 Å². The Morgan fingerprint density at radius 2 is 1.89 bits per heavy atom. The smallest absolute Gasteiger partial charge is 0.224 e. The molecule has 0 spiro atoms. The average molecular weight is 507 g/mol. The third kappa shape index (κ3) is 4.36. The number of rotatable bonds is 7. The van der Waals surface area contributed by atoms with Crippen LogP contribution in [-0.2, 0) is 4.79 Å². The average Bonchev–Trinajstić information content (AvgIpc) is 3.56. The number of unbranched alkanes of at least 4 members (excludes halogenated alkanes) is 1. The molecule has 0 aliphatic rings. The molecular formula is C28H23FN8O. The number of hydrogen-bond acceptors (Lipinski definition) is 6. The Bertz CT molecular complexity index is 1790. The maximum Gasteiger partial charge on any atom is 0.224 e. The second-order valence-corrected chi connectivity index (χ2v) is 8.93. The number of halogens is 1. The Morgan fingerprint density at radius 1 is 1.03 bits per heavy atom. The van der Waals surface area contributed by atoms with E-state index in [0.29, 0.717) is 51.6 Å². The zero-order chi connectivity index (χ0) is 26.1. The molecule has 6 aromatic rings. The molecule has 0 unspecified atom stereocenters. The van der Waals surface area contributed by atoms with Crippen LogP contribution in [0.15, 0.2) is 67.3 Å². The number of imidazole rings is 1. The summed E-state index contributed by atoms with van der Waals surface area (Å²) in [4.78, 5) is 33.4. The first-order chi connectivity index (χ1) is 18.6. The number of aromatic amines is 2. The summed E-state index contributed by atoms with van der Waals surface area (Å²) in [6, 6.07) is 12.1. The van der Waals surface area contributed by atoms with Crippen molar-refractivity contribution in [2.75, 3.05) is 5.32 Å². The standard InChI is InChI=1S/C28H23FN8O/c1-2-3-8-23(38)33-18-11-16(13-30-15-18)17-12-20-25(36-37-27(20)32-14-17)28-34-22-9-10-31-24(26(22)35-28)19-6-4-5-7-21(19)29/h4-7,9-15H,2-3,8H2,1H3,(H,33,38)(H,34,35)(H,32,36,37). The highest BCUT2D eigenvalue weighted by molar-refractivity contribution is 5.96. The maximum atomic E-state index is 14.5. The molecule has 1 aromatic carbocycles. The molecule has 0 aliphatic carbocycles. The summed E-state index contributed by atoms with van der Waals surface area (Å²) in [7, 11) is 0. The lowest BCUT2D eigenvalue weighted by Crippen LogP contribution is -2.11. The van der Waals surface area contributed by atoms with Gasteiger partial charge in [-0.3, -0.25) is 19.9 Å². The molecule has 0 aliphatic heterocycles. The normalized spacial score (nSPS) is 11.3. The minimum Gasteiger partial charge on any atom is -0.336 e. The fraction of sp³-hybridized carbons (Fsp3) is 0.143. The molecule has 0 saturated heterocycles. The molecule has 9 nitrogen and oxygen atoms in total. The van der Waals surface area contributed by atoms with Gasteiger partial charge in [0.25, 0.3) is 0 Å². The summed E-state index contributed by atoms with van der Waals surface area (Å²) in [5.74, 6) is 0.102. The van der Waals surface area contributed by atoms with Gasteiger partial charge >= 0.3 is 0 Å². The summed E-state index contributed by atoms with van der Waals surface area (Å²) >= 11 is 0. The number of hydrogen-bond donors (Lipinski definition) is 3. The van der Waals surface area contributed by atoms with Crippen molar-refractivity contribution >= 4 is 33.7 Å². The van der Waals surface area contributed by atoms with Crippen LogP contribution in [0.25, 0.3) is 56.0 Å². The van der Waals surface area contributed by atoms with E-state index in [9.17, 15) is 9.18 Å². The molecule has 1 amide bonds. The Labute approximate surface area is 216 Å². The van der Waals surface area contributed by atoms with Gasteiger partial charge in [-0.1, -0.05) is 25.5 Å². The molecule has 10 heteroatoms. The molecule has 0 atom stereocenters. The molecule has 0 radical (unpaired) electrons. The molecular weight excluding hydrogens is 483 g/mol. The van der Waals surface area contributed by atoms with Crippen LogP contribution >= 0.6 is 0 Å². The number of nitrogens with one attached hydrogen (secondary N) is 3. The molecule has 5 aromatic heterocycles. The summed E-state index contributed by atoms with van der Waals surface area (Å²) in [6.45, 7) is 2.05. The van der Waals surface area contributed by atoms with Gasteiger partial charge in [-0.25, -0.2) is 14.4 Å². The Hall–Kier alpha value is -4.99. The lowest BCUT2D eigenvalue weighted by Gasteiger charge is -2.07. The second kappa shape index (κ2) is 9.81. The van der Waals surface area contributed by atoms with E-state index in [0.717, 1.165) is 29.4 Å². The fourth-order valence-corrected chi connectivity index (χ4v) is 4.37. The number of carbonyl (C=O) groups is 1. The highest BCUT2D eigenvalue weighted by Crippen LogP contribution is 2.32. The SMILES string of the molecule is CCCCC(=O)Nc1cncc(-c2cnc3[nH]nc(-c4nc5c(-c6ccccc6F)nccc5[nH]4)c3c2)c1. The number of aromatic nitrogens is 7. The predicted molar refractivity (Wildman–Crippen MR) is 144 cm³/mol. The van der Waals surface area contributed by atoms with Crippen LogP contribution in [0.2, 0.25) is 0 Å². The predicted octanol–water partition coefficient (Wildman–Crippen LogP) is 5.89. The van der Waals surface area contributed by atoms with Crippen LogP contribution in [0, 0.1) is 5.82 Å². The van der Waals surface area contributed by atoms with E-state index in [2.05, 4.69) is 35.5 Å². The van der Waals surface area contributed by atoms with Gasteiger partial charge in [0.15, 0.2) is 11.5 Å². The van der Waals surface area contributed by atoms with Gasteiger partial charge in [-0.2, -0.15) is 5.10 Å². The van der Waals surface area contributed by atoms with Gasteiger partial charge in [0, 0.05) is 41.7 Å². The number of anilines is 1. The molecule has 188 valence electrons. The zero-order valence-electron chi connectivity index (χ0n) is 20.5. The second-order valence-electron chi connectivity index (χ2n) is 8.93. The van der Waals surface area contributed by atoms with Crippen molar-refractivity contribution in [1.29, 1.82) is 0 Å². The van der Waals surface area contributed by atoms with E-state index in [4.69, 9.17) is 4.98 Å². The van der Waals surface area contributed by atoms with E-state index in [1.807, 2.05) is 19.1 Å². The van der Waals surface area contributed by atoms with Crippen molar-refractivity contribution in [3.63, 3.8) is 0 Å². The monoisotopic (exact) mass is 506 g/mol. The van der Waals surface area contributed by atoms with Crippen LogP contribution in [-0.4, -0.2) is 41.0 Å². The van der Waals surface area contributed by atoms with Crippen LogP contribution in [0.1, 0.15) is 26.2 Å². The Morgan fingerprint density at radius 3 is 2.76 bits per heavy atom. The number of nitrogens with zero attached hydrogens (tertiary/aromatic N) is 5. The van der Waals surface area contributed by atoms with E-state index < -0.39 is 0 Å². The number of carbonyl (C=O) groups excluding carboxylic acids is 1. The number of H-pyrrole nitrogens is 2. The number of fused-ring (bicyclic) bond motifs is 2. The van der Waals surface area contributed by atoms with E-state index >= 15 is 0 Å². The van der Waals surface area contributed by atoms with Gasteiger partial charge in [-0.15, -0.1) is 0 Å². The first-order valence-electron chi connectivity index (χ1n) is 12.3. The van der Waals surface area contributed by atoms with Gasteiger partial charge < -0.3 is 10.3 Å². The van der Waals surface area contributed by atoms with Crippen LogP contribution in [0.4, 0.5) is 10.1 Å². The first-order valence-corrected chi connectivity index (χ1v) is 12.3. The molecule has 5 heterocycles. The summed E-state index contributed by atoms with van der Waals surface area (Å²) in [5, 5.41) is 11.1. The Balaban J connectivity index is 1.38. The number of benzene rings is 1. The molecule has 0 saturated carbocycles. The number of pyridine rings is 3. The highest BCUT2D eigenvalue weighted by atomic mass is 19.1. The van der Waals surface area contributed by atoms with Gasteiger partial charge in [0.2, 0.25) is 5.91 Å². The van der Waals surface area contributed by atoms with Crippen LogP contribution < -0.4 is 5.32 Å². The van der Waals surface area contributed by atoms with Gasteiger partial charge in [0.1, 0.15) is 22.7 Å². The van der Waals surface area contributed by atoms with E-state index in [1.165, 1.54) is 6.07 Å².